The van der Waals surface area contributed by atoms with E-state index >= 15 is 0 Å². The van der Waals surface area contributed by atoms with Gasteiger partial charge in [0, 0.05) is 11.5 Å². The van der Waals surface area contributed by atoms with E-state index in [1.165, 1.54) is 0 Å². The molecule has 1 aliphatic rings. The van der Waals surface area contributed by atoms with Gasteiger partial charge in [0.05, 0.1) is 12.6 Å². The molecule has 1 aliphatic heterocycles. The maximum absolute atomic E-state index is 12.1. The first kappa shape index (κ1) is 15.2. The Hall–Kier alpha value is -0.900. The second-order valence-electron chi connectivity index (χ2n) is 6.36. The molecule has 0 aromatic carbocycles. The Labute approximate surface area is 110 Å². The third kappa shape index (κ3) is 3.80. The van der Waals surface area contributed by atoms with E-state index in [2.05, 4.69) is 31.0 Å². The van der Waals surface area contributed by atoms with Crippen molar-refractivity contribution >= 4 is 11.7 Å². The summed E-state index contributed by atoms with van der Waals surface area (Å²) >= 11 is 0. The SMILES string of the molecule is CC(C)C(=O)CNC(=O)C1CCCN1C(C)(C)C. The lowest BCUT2D eigenvalue weighted by molar-refractivity contribution is -0.130. The maximum atomic E-state index is 12.1. The topological polar surface area (TPSA) is 49.4 Å². The second-order valence-corrected chi connectivity index (χ2v) is 6.36. The van der Waals surface area contributed by atoms with Gasteiger partial charge in [0.25, 0.3) is 0 Å². The number of Topliss-reactive ketones (excluding diaryl/α,β-unsaturated/α-hetero) is 1. The lowest BCUT2D eigenvalue weighted by Gasteiger charge is -2.36. The number of likely N-dealkylation sites (tertiary alicyclic amines) is 1. The van der Waals surface area contributed by atoms with Crippen molar-refractivity contribution < 1.29 is 9.59 Å². The summed E-state index contributed by atoms with van der Waals surface area (Å²) in [5.74, 6) is 0.0627. The summed E-state index contributed by atoms with van der Waals surface area (Å²) in [4.78, 5) is 25.9. The molecule has 1 rings (SSSR count). The molecule has 4 heteroatoms. The van der Waals surface area contributed by atoms with Crippen LogP contribution < -0.4 is 5.32 Å². The lowest BCUT2D eigenvalue weighted by atomic mass is 10.0. The zero-order chi connectivity index (χ0) is 13.9. The van der Waals surface area contributed by atoms with Crippen LogP contribution in [0.15, 0.2) is 0 Å². The van der Waals surface area contributed by atoms with Gasteiger partial charge in [0.1, 0.15) is 0 Å². The minimum Gasteiger partial charge on any atom is -0.348 e. The van der Waals surface area contributed by atoms with Gasteiger partial charge < -0.3 is 5.32 Å². The van der Waals surface area contributed by atoms with E-state index in [4.69, 9.17) is 0 Å². The van der Waals surface area contributed by atoms with Gasteiger partial charge in [-0.15, -0.1) is 0 Å². The fourth-order valence-electron chi connectivity index (χ4n) is 2.34. The smallest absolute Gasteiger partial charge is 0.237 e. The first-order valence-electron chi connectivity index (χ1n) is 6.80. The zero-order valence-electron chi connectivity index (χ0n) is 12.2. The Kier molecular flexibility index (Phi) is 4.91. The van der Waals surface area contributed by atoms with Crippen molar-refractivity contribution in [2.45, 2.75) is 59.0 Å². The summed E-state index contributed by atoms with van der Waals surface area (Å²) in [5, 5.41) is 2.78. The quantitative estimate of drug-likeness (QED) is 0.829. The Morgan fingerprint density at radius 2 is 1.94 bits per heavy atom. The summed E-state index contributed by atoms with van der Waals surface area (Å²) in [6.45, 7) is 11.2. The van der Waals surface area contributed by atoms with Crippen LogP contribution in [0.2, 0.25) is 0 Å². The first-order chi connectivity index (χ1) is 8.23. The van der Waals surface area contributed by atoms with Gasteiger partial charge in [-0.25, -0.2) is 0 Å². The lowest BCUT2D eigenvalue weighted by Crippen LogP contribution is -2.51. The van der Waals surface area contributed by atoms with Gasteiger partial charge in [0.2, 0.25) is 5.91 Å². The molecule has 0 saturated carbocycles. The van der Waals surface area contributed by atoms with Crippen LogP contribution in [0.4, 0.5) is 0 Å². The molecule has 0 aromatic rings. The van der Waals surface area contributed by atoms with Gasteiger partial charge in [-0.05, 0) is 40.2 Å². The first-order valence-corrected chi connectivity index (χ1v) is 6.80. The highest BCUT2D eigenvalue weighted by Gasteiger charge is 2.37. The summed E-state index contributed by atoms with van der Waals surface area (Å²) in [6.07, 6.45) is 1.94. The number of rotatable bonds is 4. The Morgan fingerprint density at radius 3 is 2.44 bits per heavy atom. The molecule has 104 valence electrons. The molecule has 4 nitrogen and oxygen atoms in total. The molecule has 0 spiro atoms. The summed E-state index contributed by atoms with van der Waals surface area (Å²) in [6, 6.07) is -0.0787. The predicted molar refractivity (Wildman–Crippen MR) is 72.3 cm³/mol. The van der Waals surface area contributed by atoms with E-state index in [1.54, 1.807) is 0 Å². The molecule has 1 atom stereocenters. The average Bonchev–Trinajstić information content (AvgIpc) is 2.73. The fourth-order valence-corrected chi connectivity index (χ4v) is 2.34. The molecule has 18 heavy (non-hydrogen) atoms. The Bertz CT molecular complexity index is 318. The molecule has 1 amide bonds. The number of hydrogen-bond donors (Lipinski definition) is 1. The number of ketones is 1. The molecule has 1 saturated heterocycles. The highest BCUT2D eigenvalue weighted by molar-refractivity contribution is 5.89. The predicted octanol–water partition coefficient (Wildman–Crippen LogP) is 1.59. The fraction of sp³-hybridized carbons (Fsp3) is 0.857. The molecular formula is C14H26N2O2. The number of hydrogen-bond acceptors (Lipinski definition) is 3. The highest BCUT2D eigenvalue weighted by Crippen LogP contribution is 2.26. The maximum Gasteiger partial charge on any atom is 0.237 e. The van der Waals surface area contributed by atoms with E-state index < -0.39 is 0 Å². The molecule has 1 fully saturated rings. The number of nitrogens with one attached hydrogen (secondary N) is 1. The molecule has 0 bridgehead atoms. The second kappa shape index (κ2) is 5.83. The van der Waals surface area contributed by atoms with Gasteiger partial charge in [-0.3, -0.25) is 14.5 Å². The van der Waals surface area contributed by atoms with Crippen molar-refractivity contribution in [3.05, 3.63) is 0 Å². The van der Waals surface area contributed by atoms with Crippen LogP contribution in [0.1, 0.15) is 47.5 Å². The van der Waals surface area contributed by atoms with Crippen molar-refractivity contribution in [2.75, 3.05) is 13.1 Å². The molecule has 0 aromatic heterocycles. The van der Waals surface area contributed by atoms with E-state index in [1.807, 2.05) is 13.8 Å². The van der Waals surface area contributed by atoms with Crippen LogP contribution in [-0.4, -0.2) is 41.3 Å². The highest BCUT2D eigenvalue weighted by atomic mass is 16.2. The van der Waals surface area contributed by atoms with Gasteiger partial charge >= 0.3 is 0 Å². The molecule has 1 unspecified atom stereocenters. The number of nitrogens with zero attached hydrogens (tertiary/aromatic N) is 1. The van der Waals surface area contributed by atoms with E-state index in [9.17, 15) is 9.59 Å². The molecule has 1 N–H and O–H groups in total. The van der Waals surface area contributed by atoms with E-state index in [0.717, 1.165) is 19.4 Å². The van der Waals surface area contributed by atoms with Crippen LogP contribution in [0.3, 0.4) is 0 Å². The number of amides is 1. The van der Waals surface area contributed by atoms with Gasteiger partial charge in [-0.2, -0.15) is 0 Å². The zero-order valence-corrected chi connectivity index (χ0v) is 12.2. The van der Waals surface area contributed by atoms with Gasteiger partial charge in [0.15, 0.2) is 5.78 Å². The van der Waals surface area contributed by atoms with Crippen LogP contribution >= 0.6 is 0 Å². The third-order valence-corrected chi connectivity index (χ3v) is 3.50. The van der Waals surface area contributed by atoms with E-state index in [0.29, 0.717) is 0 Å². The Balaban J connectivity index is 2.54. The number of carbonyl (C=O) groups is 2. The van der Waals surface area contributed by atoms with E-state index in [-0.39, 0.29) is 35.7 Å². The summed E-state index contributed by atoms with van der Waals surface area (Å²) in [5.41, 5.74) is 0.000559. The van der Waals surface area contributed by atoms with Crippen molar-refractivity contribution in [3.63, 3.8) is 0 Å². The van der Waals surface area contributed by atoms with Crippen molar-refractivity contribution in [1.82, 2.24) is 10.2 Å². The number of carbonyl (C=O) groups excluding carboxylic acids is 2. The van der Waals surface area contributed by atoms with Crippen LogP contribution in [0, 0.1) is 5.92 Å². The third-order valence-electron chi connectivity index (χ3n) is 3.50. The standard InChI is InChI=1S/C14H26N2O2/c1-10(2)12(17)9-15-13(18)11-7-6-8-16(11)14(3,4)5/h10-11H,6-9H2,1-5H3,(H,15,18). The van der Waals surface area contributed by atoms with Crippen LogP contribution in [-0.2, 0) is 9.59 Å². The Morgan fingerprint density at radius 1 is 1.33 bits per heavy atom. The van der Waals surface area contributed by atoms with Crippen molar-refractivity contribution in [2.24, 2.45) is 5.92 Å². The normalized spacial score (nSPS) is 21.3. The van der Waals surface area contributed by atoms with Gasteiger partial charge in [-0.1, -0.05) is 13.8 Å². The molecule has 1 heterocycles. The van der Waals surface area contributed by atoms with Crippen molar-refractivity contribution in [1.29, 1.82) is 0 Å². The monoisotopic (exact) mass is 254 g/mol. The minimum atomic E-state index is -0.0787. The van der Waals surface area contributed by atoms with Crippen LogP contribution in [0.5, 0.6) is 0 Å². The molecular weight excluding hydrogens is 228 g/mol. The average molecular weight is 254 g/mol. The van der Waals surface area contributed by atoms with Crippen LogP contribution in [0.25, 0.3) is 0 Å². The molecule has 0 aliphatic carbocycles. The summed E-state index contributed by atoms with van der Waals surface area (Å²) in [7, 11) is 0. The largest absolute Gasteiger partial charge is 0.348 e. The summed E-state index contributed by atoms with van der Waals surface area (Å²) < 4.78 is 0. The van der Waals surface area contributed by atoms with Crippen molar-refractivity contribution in [3.8, 4) is 0 Å². The minimum absolute atomic E-state index is 0.000559. The molecule has 0 radical (unpaired) electrons.